The summed E-state index contributed by atoms with van der Waals surface area (Å²) in [6.07, 6.45) is 2.51. The summed E-state index contributed by atoms with van der Waals surface area (Å²) >= 11 is 0. The van der Waals surface area contributed by atoms with Crippen LogP contribution in [0.5, 0.6) is 0 Å². The van der Waals surface area contributed by atoms with E-state index in [4.69, 9.17) is 5.73 Å². The van der Waals surface area contributed by atoms with Crippen LogP contribution in [-0.2, 0) is 0 Å². The van der Waals surface area contributed by atoms with Crippen LogP contribution < -0.4 is 10.6 Å². The van der Waals surface area contributed by atoms with Crippen LogP contribution in [0.4, 0.5) is 5.69 Å². The van der Waals surface area contributed by atoms with Gasteiger partial charge in [0.15, 0.2) is 0 Å². The van der Waals surface area contributed by atoms with Crippen molar-refractivity contribution in [3.05, 3.63) is 29.8 Å². The largest absolute Gasteiger partial charge is 0.364 e. The van der Waals surface area contributed by atoms with E-state index in [1.54, 1.807) is 0 Å². The number of nitrogens with zero attached hydrogens (tertiary/aromatic N) is 2. The summed E-state index contributed by atoms with van der Waals surface area (Å²) in [4.78, 5) is 5.21. The molecule has 3 atom stereocenters. The Morgan fingerprint density at radius 2 is 2.15 bits per heavy atom. The number of piperidine rings is 1. The Bertz CT molecular complexity index is 473. The third kappa shape index (κ3) is 2.04. The Hall–Kier alpha value is -1.06. The molecule has 0 radical (unpaired) electrons. The molecule has 1 aromatic carbocycles. The molecule has 2 heterocycles. The number of rotatable bonds is 4. The number of anilines is 1. The lowest BCUT2D eigenvalue weighted by Gasteiger charge is -2.51. The highest BCUT2D eigenvalue weighted by atomic mass is 15.3. The molecule has 2 aliphatic heterocycles. The van der Waals surface area contributed by atoms with Crippen LogP contribution in [0, 0.1) is 12.8 Å². The SMILES string of the molecule is CCN(c1ccccc1C)C1(CN)CCN2CCC1C2. The molecule has 3 nitrogen and oxygen atoms in total. The van der Waals surface area contributed by atoms with Crippen LogP contribution in [0.3, 0.4) is 0 Å². The molecule has 0 saturated carbocycles. The number of para-hydroxylation sites is 1. The number of likely N-dealkylation sites (N-methyl/N-ethyl adjacent to an activating group) is 1. The molecule has 3 heteroatoms. The van der Waals surface area contributed by atoms with Gasteiger partial charge in [-0.3, -0.25) is 0 Å². The van der Waals surface area contributed by atoms with E-state index in [9.17, 15) is 0 Å². The second-order valence-corrected chi connectivity index (χ2v) is 6.37. The van der Waals surface area contributed by atoms with E-state index in [1.165, 1.54) is 43.7 Å². The second-order valence-electron chi connectivity index (χ2n) is 6.37. The third-order valence-corrected chi connectivity index (χ3v) is 5.51. The Balaban J connectivity index is 2.00. The maximum atomic E-state index is 6.33. The fourth-order valence-electron chi connectivity index (χ4n) is 4.36. The summed E-state index contributed by atoms with van der Waals surface area (Å²) in [5.74, 6) is 0.723. The van der Waals surface area contributed by atoms with Gasteiger partial charge in [-0.1, -0.05) is 18.2 Å². The lowest BCUT2D eigenvalue weighted by Crippen LogP contribution is -2.62. The predicted molar refractivity (Wildman–Crippen MR) is 85.1 cm³/mol. The number of hydrogen-bond donors (Lipinski definition) is 1. The smallest absolute Gasteiger partial charge is 0.0577 e. The van der Waals surface area contributed by atoms with Crippen LogP contribution in [0.15, 0.2) is 24.3 Å². The highest BCUT2D eigenvalue weighted by Gasteiger charge is 2.48. The predicted octanol–water partition coefficient (Wildman–Crippen LogP) is 2.24. The van der Waals surface area contributed by atoms with Crippen LogP contribution in [0.1, 0.15) is 25.3 Å². The molecule has 2 saturated heterocycles. The Labute approximate surface area is 122 Å². The average Bonchev–Trinajstić information content (AvgIpc) is 2.88. The summed E-state index contributed by atoms with van der Waals surface area (Å²) in [6, 6.07) is 8.75. The molecule has 2 fully saturated rings. The van der Waals surface area contributed by atoms with Gasteiger partial charge in [-0.05, 0) is 50.8 Å². The quantitative estimate of drug-likeness (QED) is 0.913. The fourth-order valence-corrected chi connectivity index (χ4v) is 4.36. The Kier molecular flexibility index (Phi) is 3.74. The molecule has 3 unspecified atom stereocenters. The minimum atomic E-state index is 0.161. The van der Waals surface area contributed by atoms with Gasteiger partial charge in [0.25, 0.3) is 0 Å². The molecule has 0 aliphatic carbocycles. The summed E-state index contributed by atoms with van der Waals surface area (Å²) in [5, 5.41) is 0. The monoisotopic (exact) mass is 273 g/mol. The van der Waals surface area contributed by atoms with Gasteiger partial charge in [0.2, 0.25) is 0 Å². The van der Waals surface area contributed by atoms with E-state index in [0.717, 1.165) is 19.0 Å². The van der Waals surface area contributed by atoms with Crippen molar-refractivity contribution in [1.82, 2.24) is 4.90 Å². The van der Waals surface area contributed by atoms with E-state index in [0.29, 0.717) is 0 Å². The van der Waals surface area contributed by atoms with Gasteiger partial charge in [-0.15, -0.1) is 0 Å². The Morgan fingerprint density at radius 1 is 1.35 bits per heavy atom. The number of hydrogen-bond acceptors (Lipinski definition) is 3. The summed E-state index contributed by atoms with van der Waals surface area (Å²) in [5.41, 5.74) is 9.23. The summed E-state index contributed by atoms with van der Waals surface area (Å²) in [6.45, 7) is 10.00. The highest BCUT2D eigenvalue weighted by molar-refractivity contribution is 5.55. The maximum absolute atomic E-state index is 6.33. The van der Waals surface area contributed by atoms with Crippen molar-refractivity contribution in [1.29, 1.82) is 0 Å². The highest BCUT2D eigenvalue weighted by Crippen LogP contribution is 2.42. The Morgan fingerprint density at radius 3 is 2.85 bits per heavy atom. The molecule has 2 aliphatic rings. The van der Waals surface area contributed by atoms with Crippen molar-refractivity contribution in [2.75, 3.05) is 37.6 Å². The van der Waals surface area contributed by atoms with Crippen molar-refractivity contribution in [3.63, 3.8) is 0 Å². The maximum Gasteiger partial charge on any atom is 0.0577 e. The lowest BCUT2D eigenvalue weighted by molar-refractivity contribution is 0.164. The molecule has 1 aromatic rings. The molecular formula is C17H27N3. The topological polar surface area (TPSA) is 32.5 Å². The fraction of sp³-hybridized carbons (Fsp3) is 0.647. The van der Waals surface area contributed by atoms with E-state index in [1.807, 2.05) is 0 Å². The lowest BCUT2D eigenvalue weighted by atomic mass is 9.76. The number of aryl methyl sites for hydroxylation is 1. The molecular weight excluding hydrogens is 246 g/mol. The van der Waals surface area contributed by atoms with Crippen molar-refractivity contribution in [3.8, 4) is 0 Å². The van der Waals surface area contributed by atoms with Crippen molar-refractivity contribution in [2.45, 2.75) is 32.2 Å². The summed E-state index contributed by atoms with van der Waals surface area (Å²) in [7, 11) is 0. The molecule has 20 heavy (non-hydrogen) atoms. The van der Waals surface area contributed by atoms with Crippen LogP contribution >= 0.6 is 0 Å². The zero-order valence-electron chi connectivity index (χ0n) is 12.8. The minimum Gasteiger partial charge on any atom is -0.364 e. The van der Waals surface area contributed by atoms with E-state index in [2.05, 4.69) is 47.9 Å². The average molecular weight is 273 g/mol. The van der Waals surface area contributed by atoms with Gasteiger partial charge in [-0.2, -0.15) is 0 Å². The van der Waals surface area contributed by atoms with E-state index in [-0.39, 0.29) is 5.54 Å². The standard InChI is InChI=1S/C17H27N3/c1-3-20(16-7-5-4-6-14(16)2)17(13-18)9-11-19-10-8-15(17)12-19/h4-7,15H,3,8-13,18H2,1-2H3. The molecule has 0 amide bonds. The van der Waals surface area contributed by atoms with E-state index < -0.39 is 0 Å². The molecule has 2 bridgehead atoms. The normalized spacial score (nSPS) is 32.4. The van der Waals surface area contributed by atoms with Gasteiger partial charge >= 0.3 is 0 Å². The number of benzene rings is 1. The van der Waals surface area contributed by atoms with Gasteiger partial charge in [0.05, 0.1) is 5.54 Å². The number of nitrogens with two attached hydrogens (primary N) is 1. The van der Waals surface area contributed by atoms with Gasteiger partial charge in [0.1, 0.15) is 0 Å². The second kappa shape index (κ2) is 5.38. The molecule has 110 valence electrons. The first-order valence-electron chi connectivity index (χ1n) is 7.97. The van der Waals surface area contributed by atoms with E-state index >= 15 is 0 Å². The third-order valence-electron chi connectivity index (χ3n) is 5.51. The molecule has 0 aromatic heterocycles. The molecule has 2 N–H and O–H groups in total. The van der Waals surface area contributed by atoms with Crippen LogP contribution in [0.25, 0.3) is 0 Å². The van der Waals surface area contributed by atoms with Crippen LogP contribution in [-0.4, -0.2) is 43.2 Å². The minimum absolute atomic E-state index is 0.161. The molecule has 0 spiro atoms. The first-order valence-corrected chi connectivity index (χ1v) is 7.97. The van der Waals surface area contributed by atoms with Crippen LogP contribution in [0.2, 0.25) is 0 Å². The van der Waals surface area contributed by atoms with Gasteiger partial charge in [0, 0.05) is 31.9 Å². The molecule has 3 rings (SSSR count). The van der Waals surface area contributed by atoms with Crippen molar-refractivity contribution < 1.29 is 0 Å². The number of fused-ring (bicyclic) bond motifs is 2. The summed E-state index contributed by atoms with van der Waals surface area (Å²) < 4.78 is 0. The first kappa shape index (κ1) is 13.9. The van der Waals surface area contributed by atoms with Crippen molar-refractivity contribution in [2.24, 2.45) is 11.7 Å². The zero-order chi connectivity index (χ0) is 14.2. The van der Waals surface area contributed by atoms with Gasteiger partial charge in [-0.25, -0.2) is 0 Å². The first-order chi connectivity index (χ1) is 9.71. The van der Waals surface area contributed by atoms with Gasteiger partial charge < -0.3 is 15.5 Å². The zero-order valence-corrected chi connectivity index (χ0v) is 12.8. The van der Waals surface area contributed by atoms with Crippen molar-refractivity contribution >= 4 is 5.69 Å².